The number of carbonyl (C=O) groups excluding carboxylic acids is 1. The number of nitrogens with zero attached hydrogens (tertiary/aromatic N) is 4. The molecule has 1 aliphatic heterocycles. The first-order valence-electron chi connectivity index (χ1n) is 12.8. The number of likely N-dealkylation sites (tertiary alicyclic amines) is 1. The number of fused-ring (bicyclic) bond motifs is 1. The number of rotatable bonds is 10. The van der Waals surface area contributed by atoms with Gasteiger partial charge < -0.3 is 24.3 Å². The van der Waals surface area contributed by atoms with Crippen LogP contribution in [-0.2, 0) is 7.05 Å². The number of methoxy groups -OCH3 is 1. The lowest BCUT2D eigenvalue weighted by molar-refractivity contribution is 0.0962. The zero-order chi connectivity index (χ0) is 25.8. The summed E-state index contributed by atoms with van der Waals surface area (Å²) in [7, 11) is 3.60. The van der Waals surface area contributed by atoms with E-state index in [9.17, 15) is 4.79 Å². The Morgan fingerprint density at radius 3 is 2.81 bits per heavy atom. The number of hydrogen-bond donors (Lipinski definition) is 1. The van der Waals surface area contributed by atoms with Crippen LogP contribution in [0.25, 0.3) is 11.0 Å². The predicted octanol–water partition coefficient (Wildman–Crippen LogP) is 5.96. The van der Waals surface area contributed by atoms with Crippen molar-refractivity contribution in [2.45, 2.75) is 38.6 Å². The van der Waals surface area contributed by atoms with Crippen LogP contribution in [0.3, 0.4) is 0 Å². The summed E-state index contributed by atoms with van der Waals surface area (Å²) in [4.78, 5) is 24.4. The van der Waals surface area contributed by atoms with Gasteiger partial charge in [-0.2, -0.15) is 0 Å². The number of pyridine rings is 1. The quantitative estimate of drug-likeness (QED) is 0.270. The largest absolute Gasteiger partial charge is 0.495 e. The highest BCUT2D eigenvalue weighted by atomic mass is 16.5. The molecule has 1 saturated heterocycles. The van der Waals surface area contributed by atoms with Gasteiger partial charge in [-0.3, -0.25) is 9.78 Å². The maximum Gasteiger partial charge on any atom is 0.208 e. The number of Topliss-reactive ketones (excluding diaryl/α,β-unsaturated/α-hetero) is 1. The summed E-state index contributed by atoms with van der Waals surface area (Å²) in [5.41, 5.74) is 3.04. The molecule has 0 aliphatic carbocycles. The van der Waals surface area contributed by atoms with Crippen LogP contribution < -0.4 is 14.8 Å². The minimum absolute atomic E-state index is 0.0561. The molecule has 0 spiro atoms. The van der Waals surface area contributed by atoms with Gasteiger partial charge in [-0.25, -0.2) is 4.98 Å². The Morgan fingerprint density at radius 1 is 1.14 bits per heavy atom. The first kappa shape index (κ1) is 24.8. The van der Waals surface area contributed by atoms with Crippen molar-refractivity contribution in [3.05, 3.63) is 66.5 Å². The number of aryl methyl sites for hydroxylation is 1. The van der Waals surface area contributed by atoms with Crippen LogP contribution >= 0.6 is 0 Å². The fourth-order valence-electron chi connectivity index (χ4n) is 5.05. The fourth-order valence-corrected chi connectivity index (χ4v) is 5.05. The van der Waals surface area contributed by atoms with E-state index in [4.69, 9.17) is 14.5 Å². The Bertz CT molecular complexity index is 1400. The first-order valence-corrected chi connectivity index (χ1v) is 12.8. The Morgan fingerprint density at radius 2 is 1.97 bits per heavy atom. The second kappa shape index (κ2) is 11.0. The molecule has 1 N–H and O–H groups in total. The van der Waals surface area contributed by atoms with E-state index in [1.54, 1.807) is 25.4 Å². The molecule has 0 radical (unpaired) electrons. The highest BCUT2D eigenvalue weighted by molar-refractivity contribution is 5.94. The summed E-state index contributed by atoms with van der Waals surface area (Å²) in [5, 5.41) is 3.35. The molecule has 0 bridgehead atoms. The Labute approximate surface area is 217 Å². The first-order chi connectivity index (χ1) is 18.1. The summed E-state index contributed by atoms with van der Waals surface area (Å²) < 4.78 is 13.5. The van der Waals surface area contributed by atoms with Crippen molar-refractivity contribution in [1.82, 2.24) is 19.4 Å². The maximum absolute atomic E-state index is 12.8. The van der Waals surface area contributed by atoms with E-state index in [1.807, 2.05) is 54.1 Å². The number of ketones is 1. The summed E-state index contributed by atoms with van der Waals surface area (Å²) in [5.74, 6) is 2.71. The van der Waals surface area contributed by atoms with Crippen LogP contribution in [0, 0.1) is 0 Å². The Hall–Kier alpha value is -3.91. The van der Waals surface area contributed by atoms with Crippen LogP contribution in [-0.4, -0.2) is 51.5 Å². The molecule has 1 atom stereocenters. The molecule has 1 fully saturated rings. The molecule has 5 rings (SSSR count). The summed E-state index contributed by atoms with van der Waals surface area (Å²) in [6, 6.07) is 17.5. The summed E-state index contributed by atoms with van der Waals surface area (Å²) >= 11 is 0. The van der Waals surface area contributed by atoms with Gasteiger partial charge in [-0.1, -0.05) is 19.1 Å². The van der Waals surface area contributed by atoms with Gasteiger partial charge >= 0.3 is 0 Å². The number of aromatic nitrogens is 3. The van der Waals surface area contributed by atoms with Gasteiger partial charge in [0, 0.05) is 37.8 Å². The number of carbonyl (C=O) groups is 1. The van der Waals surface area contributed by atoms with Gasteiger partial charge in [0.25, 0.3) is 0 Å². The number of benzene rings is 2. The molecule has 8 nitrogen and oxygen atoms in total. The molecule has 2 aromatic heterocycles. The summed E-state index contributed by atoms with van der Waals surface area (Å²) in [6.45, 7) is 4.36. The van der Waals surface area contributed by atoms with Crippen molar-refractivity contribution in [3.8, 4) is 17.2 Å². The van der Waals surface area contributed by atoms with Crippen molar-refractivity contribution >= 4 is 28.5 Å². The molecular weight excluding hydrogens is 466 g/mol. The molecular formula is C29H33N5O3. The lowest BCUT2D eigenvalue weighted by atomic mass is 10.0. The third kappa shape index (κ3) is 5.44. The van der Waals surface area contributed by atoms with Gasteiger partial charge in [0.15, 0.2) is 5.78 Å². The van der Waals surface area contributed by atoms with Gasteiger partial charge in [-0.05, 0) is 62.7 Å². The smallest absolute Gasteiger partial charge is 0.208 e. The maximum atomic E-state index is 12.8. The van der Waals surface area contributed by atoms with Crippen LogP contribution in [0.1, 0.15) is 43.1 Å². The number of imidazole rings is 1. The Balaban J connectivity index is 1.28. The molecule has 37 heavy (non-hydrogen) atoms. The molecule has 8 heteroatoms. The third-order valence-electron chi connectivity index (χ3n) is 7.07. The van der Waals surface area contributed by atoms with Gasteiger partial charge in [-0.15, -0.1) is 0 Å². The molecule has 1 aliphatic rings. The lowest BCUT2D eigenvalue weighted by Gasteiger charge is -2.22. The normalized spacial score (nSPS) is 15.7. The minimum Gasteiger partial charge on any atom is -0.495 e. The molecule has 192 valence electrons. The fraction of sp³-hybridized carbons (Fsp3) is 0.345. The SMILES string of the molecule is CCN1CCCC1CCC(=O)c1cc(Oc2ccc3c(c2)nc(Nc2ccccc2OC)n3C)ccn1. The van der Waals surface area contributed by atoms with Gasteiger partial charge in [0.2, 0.25) is 5.95 Å². The van der Waals surface area contributed by atoms with Crippen molar-refractivity contribution < 1.29 is 14.3 Å². The second-order valence-electron chi connectivity index (χ2n) is 9.34. The van der Waals surface area contributed by atoms with Gasteiger partial charge in [0.05, 0.1) is 23.8 Å². The highest BCUT2D eigenvalue weighted by Gasteiger charge is 2.24. The topological polar surface area (TPSA) is 81.5 Å². The van der Waals surface area contributed by atoms with E-state index in [0.717, 1.165) is 42.0 Å². The highest BCUT2D eigenvalue weighted by Crippen LogP contribution is 2.31. The van der Waals surface area contributed by atoms with Crippen LogP contribution in [0.15, 0.2) is 60.8 Å². The molecule has 2 aromatic carbocycles. The third-order valence-corrected chi connectivity index (χ3v) is 7.07. The van der Waals surface area contributed by atoms with Crippen molar-refractivity contribution in [3.63, 3.8) is 0 Å². The molecule has 1 unspecified atom stereocenters. The number of para-hydroxylation sites is 2. The van der Waals surface area contributed by atoms with E-state index in [-0.39, 0.29) is 5.78 Å². The van der Waals surface area contributed by atoms with Crippen LogP contribution in [0.4, 0.5) is 11.6 Å². The van der Waals surface area contributed by atoms with E-state index in [1.165, 1.54) is 12.8 Å². The Kier molecular flexibility index (Phi) is 7.37. The predicted molar refractivity (Wildman–Crippen MR) is 145 cm³/mol. The molecule has 0 amide bonds. The van der Waals surface area contributed by atoms with Crippen molar-refractivity contribution in [1.29, 1.82) is 0 Å². The molecule has 0 saturated carbocycles. The van der Waals surface area contributed by atoms with E-state index in [0.29, 0.717) is 35.6 Å². The second-order valence-corrected chi connectivity index (χ2v) is 9.34. The van der Waals surface area contributed by atoms with Crippen LogP contribution in [0.5, 0.6) is 17.2 Å². The zero-order valence-electron chi connectivity index (χ0n) is 21.6. The average Bonchev–Trinajstić information content (AvgIpc) is 3.51. The van der Waals surface area contributed by atoms with E-state index in [2.05, 4.69) is 22.1 Å². The summed E-state index contributed by atoms with van der Waals surface area (Å²) in [6.07, 6.45) is 5.39. The van der Waals surface area contributed by atoms with E-state index < -0.39 is 0 Å². The number of anilines is 2. The molecule has 3 heterocycles. The molecule has 4 aromatic rings. The zero-order valence-corrected chi connectivity index (χ0v) is 21.6. The lowest BCUT2D eigenvalue weighted by Crippen LogP contribution is -2.29. The van der Waals surface area contributed by atoms with Crippen molar-refractivity contribution in [2.75, 3.05) is 25.5 Å². The minimum atomic E-state index is 0.0561. The number of hydrogen-bond acceptors (Lipinski definition) is 7. The number of ether oxygens (including phenoxy) is 2. The number of nitrogens with one attached hydrogen (secondary N) is 1. The van der Waals surface area contributed by atoms with Gasteiger partial charge in [0.1, 0.15) is 22.9 Å². The standard InChI is InChI=1S/C29H33N5O3/c1-4-34-17-7-8-20(34)11-14-27(35)25-19-22(15-16-30-25)37-21-12-13-26-24(18-21)32-29(33(26)2)31-23-9-5-6-10-28(23)36-3/h5-6,9-10,12-13,15-16,18-20H,4,7-8,11,14,17H2,1-3H3,(H,31,32). The average molecular weight is 500 g/mol. The van der Waals surface area contributed by atoms with Crippen LogP contribution in [0.2, 0.25) is 0 Å². The van der Waals surface area contributed by atoms with Crippen molar-refractivity contribution in [2.24, 2.45) is 7.05 Å². The van der Waals surface area contributed by atoms with E-state index >= 15 is 0 Å². The monoisotopic (exact) mass is 499 g/mol.